The summed E-state index contributed by atoms with van der Waals surface area (Å²) in [6.45, 7) is 2.93. The number of fused-ring (bicyclic) bond motifs is 1. The Balaban J connectivity index is 1.64. The second-order valence-electron chi connectivity index (χ2n) is 6.86. The predicted octanol–water partition coefficient (Wildman–Crippen LogP) is 3.16. The van der Waals surface area contributed by atoms with Crippen molar-refractivity contribution in [2.45, 2.75) is 42.1 Å². The molecule has 0 aliphatic rings. The molecule has 0 bridgehead atoms. The van der Waals surface area contributed by atoms with E-state index < -0.39 is 10.0 Å². The molecule has 1 aromatic carbocycles. The van der Waals surface area contributed by atoms with Gasteiger partial charge in [-0.2, -0.15) is 0 Å². The fourth-order valence-electron chi connectivity index (χ4n) is 3.20. The van der Waals surface area contributed by atoms with E-state index in [9.17, 15) is 8.42 Å². The van der Waals surface area contributed by atoms with Crippen molar-refractivity contribution in [2.75, 3.05) is 0 Å². The zero-order valence-electron chi connectivity index (χ0n) is 16.6. The SMILES string of the molecule is CCCCn1c(CSc2nnc(-c3ccco3)n2C)nc2cc(S(N)(=O)=O)ccc21. The third-order valence-electron chi connectivity index (χ3n) is 4.77. The Hall–Kier alpha value is -2.63. The lowest BCUT2D eigenvalue weighted by Crippen LogP contribution is -2.11. The van der Waals surface area contributed by atoms with Gasteiger partial charge in [0.1, 0.15) is 5.82 Å². The Kier molecular flexibility index (Phi) is 5.67. The molecule has 2 N–H and O–H groups in total. The van der Waals surface area contributed by atoms with Crippen molar-refractivity contribution in [1.82, 2.24) is 24.3 Å². The third-order valence-corrected chi connectivity index (χ3v) is 6.70. The lowest BCUT2D eigenvalue weighted by atomic mass is 10.3. The zero-order chi connectivity index (χ0) is 21.3. The number of benzene rings is 1. The van der Waals surface area contributed by atoms with E-state index in [1.54, 1.807) is 12.3 Å². The summed E-state index contributed by atoms with van der Waals surface area (Å²) in [6, 6.07) is 8.47. The summed E-state index contributed by atoms with van der Waals surface area (Å²) < 4.78 is 32.8. The number of aromatic nitrogens is 5. The van der Waals surface area contributed by atoms with Crippen LogP contribution in [0.2, 0.25) is 0 Å². The summed E-state index contributed by atoms with van der Waals surface area (Å²) >= 11 is 1.51. The summed E-state index contributed by atoms with van der Waals surface area (Å²) in [7, 11) is -1.89. The van der Waals surface area contributed by atoms with Gasteiger partial charge in [-0.25, -0.2) is 18.5 Å². The van der Waals surface area contributed by atoms with Gasteiger partial charge in [-0.15, -0.1) is 10.2 Å². The van der Waals surface area contributed by atoms with Crippen molar-refractivity contribution in [3.05, 3.63) is 42.4 Å². The molecule has 0 spiro atoms. The monoisotopic (exact) mass is 446 g/mol. The number of imidazole rings is 1. The second-order valence-corrected chi connectivity index (χ2v) is 9.36. The largest absolute Gasteiger partial charge is 0.461 e. The Morgan fingerprint density at radius 2 is 2.07 bits per heavy atom. The van der Waals surface area contributed by atoms with Crippen LogP contribution in [0.4, 0.5) is 0 Å². The number of furan rings is 1. The van der Waals surface area contributed by atoms with Crippen LogP contribution in [0.5, 0.6) is 0 Å². The molecule has 0 saturated carbocycles. The Bertz CT molecular complexity index is 1280. The number of rotatable bonds is 8. The average Bonchev–Trinajstić information content (AvgIpc) is 3.42. The Morgan fingerprint density at radius 3 is 2.77 bits per heavy atom. The molecule has 3 heterocycles. The number of hydrogen-bond acceptors (Lipinski definition) is 7. The van der Waals surface area contributed by atoms with Crippen molar-refractivity contribution in [1.29, 1.82) is 0 Å². The number of unbranched alkanes of at least 4 members (excludes halogenated alkanes) is 1. The van der Waals surface area contributed by atoms with Gasteiger partial charge in [-0.3, -0.25) is 0 Å². The van der Waals surface area contributed by atoms with Crippen LogP contribution in [-0.4, -0.2) is 32.7 Å². The Labute approximate surface area is 178 Å². The molecular formula is C19H22N6O3S2. The lowest BCUT2D eigenvalue weighted by molar-refractivity contribution is 0.572. The second kappa shape index (κ2) is 8.25. The van der Waals surface area contributed by atoms with Crippen LogP contribution in [0, 0.1) is 0 Å². The Morgan fingerprint density at radius 1 is 1.23 bits per heavy atom. The van der Waals surface area contributed by atoms with E-state index in [2.05, 4.69) is 26.7 Å². The van der Waals surface area contributed by atoms with Crippen molar-refractivity contribution < 1.29 is 12.8 Å². The van der Waals surface area contributed by atoms with Gasteiger partial charge in [0.15, 0.2) is 16.7 Å². The van der Waals surface area contributed by atoms with Crippen LogP contribution in [0.15, 0.2) is 51.1 Å². The smallest absolute Gasteiger partial charge is 0.238 e. The molecule has 30 heavy (non-hydrogen) atoms. The van der Waals surface area contributed by atoms with Crippen LogP contribution in [0.25, 0.3) is 22.6 Å². The summed E-state index contributed by atoms with van der Waals surface area (Å²) in [5, 5.41) is 14.5. The minimum absolute atomic E-state index is 0.0609. The topological polar surface area (TPSA) is 122 Å². The summed E-state index contributed by atoms with van der Waals surface area (Å²) in [5.74, 6) is 2.72. The number of hydrogen-bond donors (Lipinski definition) is 1. The third kappa shape index (κ3) is 4.00. The molecule has 4 aromatic rings. The standard InChI is InChI=1S/C19H22N6O3S2/c1-3-4-9-25-15-8-7-13(30(20,26)27)11-14(15)21-17(25)12-29-19-23-22-18(24(19)2)16-6-5-10-28-16/h5-8,10-11H,3-4,9,12H2,1-2H3,(H2,20,26,27). The summed E-state index contributed by atoms with van der Waals surface area (Å²) in [6.07, 6.45) is 3.63. The van der Waals surface area contributed by atoms with Gasteiger partial charge >= 0.3 is 0 Å². The highest BCUT2D eigenvalue weighted by Crippen LogP contribution is 2.28. The number of primary sulfonamides is 1. The first-order chi connectivity index (χ1) is 14.4. The number of aryl methyl sites for hydroxylation is 1. The first kappa shape index (κ1) is 20.6. The van der Waals surface area contributed by atoms with Gasteiger partial charge in [0.2, 0.25) is 10.0 Å². The zero-order valence-corrected chi connectivity index (χ0v) is 18.3. The van der Waals surface area contributed by atoms with E-state index in [4.69, 9.17) is 9.56 Å². The first-order valence-electron chi connectivity index (χ1n) is 9.46. The van der Waals surface area contributed by atoms with E-state index >= 15 is 0 Å². The maximum absolute atomic E-state index is 11.7. The highest BCUT2D eigenvalue weighted by Gasteiger charge is 2.17. The molecule has 158 valence electrons. The predicted molar refractivity (Wildman–Crippen MR) is 114 cm³/mol. The normalized spacial score (nSPS) is 12.1. The molecule has 0 aliphatic carbocycles. The molecule has 4 rings (SSSR count). The molecule has 0 aliphatic heterocycles. The number of nitrogens with two attached hydrogens (primary N) is 1. The summed E-state index contributed by atoms with van der Waals surface area (Å²) in [5.41, 5.74) is 1.50. The van der Waals surface area contributed by atoms with E-state index in [0.717, 1.165) is 35.9 Å². The molecular weight excluding hydrogens is 424 g/mol. The molecule has 0 saturated heterocycles. The molecule has 0 atom stereocenters. The van der Waals surface area contributed by atoms with Gasteiger partial charge in [0.25, 0.3) is 0 Å². The van der Waals surface area contributed by atoms with Crippen molar-refractivity contribution >= 4 is 32.8 Å². The minimum atomic E-state index is -3.78. The molecule has 0 fully saturated rings. The fraction of sp³-hybridized carbons (Fsp3) is 0.316. The van der Waals surface area contributed by atoms with E-state index in [-0.39, 0.29) is 4.90 Å². The van der Waals surface area contributed by atoms with Crippen LogP contribution in [-0.2, 0) is 29.4 Å². The highest BCUT2D eigenvalue weighted by atomic mass is 32.2. The van der Waals surface area contributed by atoms with Gasteiger partial charge < -0.3 is 13.6 Å². The van der Waals surface area contributed by atoms with E-state index in [1.165, 1.54) is 23.9 Å². The number of sulfonamides is 1. The molecule has 0 unspecified atom stereocenters. The van der Waals surface area contributed by atoms with Crippen LogP contribution >= 0.6 is 11.8 Å². The van der Waals surface area contributed by atoms with Gasteiger partial charge in [-0.1, -0.05) is 25.1 Å². The number of thioether (sulfide) groups is 1. The quantitative estimate of drug-likeness (QED) is 0.413. The highest BCUT2D eigenvalue weighted by molar-refractivity contribution is 7.98. The van der Waals surface area contributed by atoms with Crippen molar-refractivity contribution in [2.24, 2.45) is 12.2 Å². The molecule has 0 amide bonds. The molecule has 11 heteroatoms. The average molecular weight is 447 g/mol. The fourth-order valence-corrected chi connectivity index (χ4v) is 4.59. The van der Waals surface area contributed by atoms with E-state index in [1.807, 2.05) is 23.7 Å². The maximum atomic E-state index is 11.7. The first-order valence-corrected chi connectivity index (χ1v) is 12.0. The van der Waals surface area contributed by atoms with Crippen molar-refractivity contribution in [3.63, 3.8) is 0 Å². The maximum Gasteiger partial charge on any atom is 0.238 e. The summed E-state index contributed by atoms with van der Waals surface area (Å²) in [4.78, 5) is 4.75. The lowest BCUT2D eigenvalue weighted by Gasteiger charge is -2.08. The van der Waals surface area contributed by atoms with Crippen LogP contribution < -0.4 is 5.14 Å². The van der Waals surface area contributed by atoms with Crippen molar-refractivity contribution in [3.8, 4) is 11.6 Å². The molecule has 0 radical (unpaired) electrons. The molecule has 3 aromatic heterocycles. The number of nitrogens with zero attached hydrogens (tertiary/aromatic N) is 5. The minimum Gasteiger partial charge on any atom is -0.461 e. The molecule has 9 nitrogen and oxygen atoms in total. The van der Waals surface area contributed by atoms with Crippen LogP contribution in [0.1, 0.15) is 25.6 Å². The van der Waals surface area contributed by atoms with Gasteiger partial charge in [0.05, 0.1) is 27.9 Å². The van der Waals surface area contributed by atoms with Gasteiger partial charge in [0, 0.05) is 13.6 Å². The van der Waals surface area contributed by atoms with E-state index in [0.29, 0.717) is 22.9 Å². The van der Waals surface area contributed by atoms with Gasteiger partial charge in [-0.05, 0) is 36.8 Å². The van der Waals surface area contributed by atoms with Crippen LogP contribution in [0.3, 0.4) is 0 Å².